The highest BCUT2D eigenvalue weighted by molar-refractivity contribution is 6.09. The Morgan fingerprint density at radius 2 is 1.83 bits per heavy atom. The lowest BCUT2D eigenvalue weighted by Gasteiger charge is -2.35. The Balaban J connectivity index is 2.08. The highest BCUT2D eigenvalue weighted by Crippen LogP contribution is 2.25. The van der Waals surface area contributed by atoms with Crippen molar-refractivity contribution in [2.24, 2.45) is 0 Å². The molecule has 136 valence electrons. The summed E-state index contributed by atoms with van der Waals surface area (Å²) in [6, 6.07) is -0.250. The van der Waals surface area contributed by atoms with Crippen LogP contribution in [-0.2, 0) is 9.59 Å². The first-order chi connectivity index (χ1) is 11.5. The largest absolute Gasteiger partial charge is 0.338 e. The van der Waals surface area contributed by atoms with Gasteiger partial charge in [-0.1, -0.05) is 20.8 Å². The van der Waals surface area contributed by atoms with Crippen molar-refractivity contribution in [3.8, 4) is 0 Å². The van der Waals surface area contributed by atoms with Crippen LogP contribution in [0.3, 0.4) is 0 Å². The monoisotopic (exact) mass is 338 g/mol. The summed E-state index contributed by atoms with van der Waals surface area (Å²) in [5.41, 5.74) is -0.846. The van der Waals surface area contributed by atoms with Crippen molar-refractivity contribution in [3.05, 3.63) is 0 Å². The minimum Gasteiger partial charge on any atom is -0.338 e. The number of rotatable bonds is 7. The molecule has 7 heteroatoms. The molecule has 0 saturated carbocycles. The molecular formula is C17H30N4O3. The van der Waals surface area contributed by atoms with E-state index in [4.69, 9.17) is 0 Å². The van der Waals surface area contributed by atoms with E-state index in [1.807, 2.05) is 25.7 Å². The van der Waals surface area contributed by atoms with Crippen molar-refractivity contribution in [2.75, 3.05) is 26.2 Å². The van der Waals surface area contributed by atoms with E-state index in [2.05, 4.69) is 10.6 Å². The van der Waals surface area contributed by atoms with E-state index in [1.165, 1.54) is 0 Å². The van der Waals surface area contributed by atoms with E-state index in [1.54, 1.807) is 0 Å². The zero-order valence-corrected chi connectivity index (χ0v) is 15.1. The third-order valence-corrected chi connectivity index (χ3v) is 5.28. The second-order valence-electron chi connectivity index (χ2n) is 6.68. The van der Waals surface area contributed by atoms with Crippen molar-refractivity contribution in [3.63, 3.8) is 0 Å². The summed E-state index contributed by atoms with van der Waals surface area (Å²) in [6.45, 7) is 8.10. The van der Waals surface area contributed by atoms with E-state index >= 15 is 0 Å². The quantitative estimate of drug-likeness (QED) is 0.681. The molecule has 4 amide bonds. The Bertz CT molecular complexity index is 484. The van der Waals surface area contributed by atoms with Gasteiger partial charge in [-0.3, -0.25) is 14.5 Å². The molecule has 0 unspecified atom stereocenters. The van der Waals surface area contributed by atoms with Crippen LogP contribution in [0.5, 0.6) is 0 Å². The molecule has 0 spiro atoms. The smallest absolute Gasteiger partial charge is 0.325 e. The van der Waals surface area contributed by atoms with Crippen LogP contribution in [0.2, 0.25) is 0 Å². The van der Waals surface area contributed by atoms with Gasteiger partial charge in [0.05, 0.1) is 0 Å². The van der Waals surface area contributed by atoms with Gasteiger partial charge in [0.2, 0.25) is 5.91 Å². The predicted molar refractivity (Wildman–Crippen MR) is 91.5 cm³/mol. The average molecular weight is 338 g/mol. The number of imide groups is 1. The fourth-order valence-electron chi connectivity index (χ4n) is 3.65. The zero-order valence-electron chi connectivity index (χ0n) is 15.1. The Morgan fingerprint density at radius 3 is 2.33 bits per heavy atom. The topological polar surface area (TPSA) is 81.8 Å². The molecule has 0 atom stereocenters. The van der Waals surface area contributed by atoms with Crippen LogP contribution in [0, 0.1) is 0 Å². The van der Waals surface area contributed by atoms with E-state index in [9.17, 15) is 14.4 Å². The number of carbonyl (C=O) groups is 3. The van der Waals surface area contributed by atoms with E-state index in [0.29, 0.717) is 19.4 Å². The summed E-state index contributed by atoms with van der Waals surface area (Å²) < 4.78 is 0. The highest BCUT2D eigenvalue weighted by Gasteiger charge is 2.49. The second kappa shape index (κ2) is 7.96. The molecule has 2 fully saturated rings. The number of nitrogens with one attached hydrogen (secondary N) is 2. The van der Waals surface area contributed by atoms with Crippen LogP contribution in [0.4, 0.5) is 4.79 Å². The predicted octanol–water partition coefficient (Wildman–Crippen LogP) is 1.09. The normalized spacial score (nSPS) is 21.0. The number of nitrogens with zero attached hydrogens (tertiary/aromatic N) is 2. The summed E-state index contributed by atoms with van der Waals surface area (Å²) >= 11 is 0. The minimum atomic E-state index is -0.846. The first kappa shape index (κ1) is 18.7. The van der Waals surface area contributed by atoms with Crippen molar-refractivity contribution < 1.29 is 14.4 Å². The van der Waals surface area contributed by atoms with E-state index in [-0.39, 0.29) is 24.4 Å². The molecule has 2 rings (SSSR count). The molecule has 0 aromatic carbocycles. The van der Waals surface area contributed by atoms with Crippen LogP contribution in [-0.4, -0.2) is 65.4 Å². The van der Waals surface area contributed by atoms with Gasteiger partial charge < -0.3 is 15.5 Å². The fourth-order valence-corrected chi connectivity index (χ4v) is 3.65. The Hall–Kier alpha value is -1.63. The van der Waals surface area contributed by atoms with Gasteiger partial charge in [-0.25, -0.2) is 4.79 Å². The summed E-state index contributed by atoms with van der Waals surface area (Å²) in [6.07, 6.45) is 3.76. The van der Waals surface area contributed by atoms with Gasteiger partial charge >= 0.3 is 6.03 Å². The van der Waals surface area contributed by atoms with Gasteiger partial charge in [0.25, 0.3) is 5.91 Å². The maximum atomic E-state index is 12.8. The SMILES string of the molecule is CCCN(C(=O)CN1C(=O)NC(CC)(CC)C1=O)C1CCNCC1. The number of piperidine rings is 1. The first-order valence-corrected chi connectivity index (χ1v) is 9.13. The maximum Gasteiger partial charge on any atom is 0.325 e. The lowest BCUT2D eigenvalue weighted by molar-refractivity contribution is -0.140. The maximum absolute atomic E-state index is 12.8. The zero-order chi connectivity index (χ0) is 17.7. The van der Waals surface area contributed by atoms with Crippen LogP contribution in [0.15, 0.2) is 0 Å². The Kier molecular flexibility index (Phi) is 6.21. The first-order valence-electron chi connectivity index (χ1n) is 9.13. The van der Waals surface area contributed by atoms with Crippen LogP contribution >= 0.6 is 0 Å². The lowest BCUT2D eigenvalue weighted by Crippen LogP contribution is -2.51. The molecule has 7 nitrogen and oxygen atoms in total. The molecule has 0 aromatic rings. The average Bonchev–Trinajstić information content (AvgIpc) is 2.85. The number of amides is 4. The number of urea groups is 1. The van der Waals surface area contributed by atoms with Gasteiger partial charge in [0.1, 0.15) is 12.1 Å². The van der Waals surface area contributed by atoms with Gasteiger partial charge in [0.15, 0.2) is 0 Å². The van der Waals surface area contributed by atoms with E-state index in [0.717, 1.165) is 37.3 Å². The van der Waals surface area contributed by atoms with Gasteiger partial charge in [-0.15, -0.1) is 0 Å². The molecule has 0 radical (unpaired) electrons. The lowest BCUT2D eigenvalue weighted by atomic mass is 9.93. The van der Waals surface area contributed by atoms with Crippen LogP contribution in [0.1, 0.15) is 52.9 Å². The van der Waals surface area contributed by atoms with Gasteiger partial charge in [0, 0.05) is 12.6 Å². The molecule has 2 saturated heterocycles. The van der Waals surface area contributed by atoms with Crippen molar-refractivity contribution in [1.82, 2.24) is 20.4 Å². The molecule has 2 aliphatic rings. The van der Waals surface area contributed by atoms with Crippen molar-refractivity contribution >= 4 is 17.8 Å². The second-order valence-corrected chi connectivity index (χ2v) is 6.68. The molecule has 0 aromatic heterocycles. The molecule has 0 bridgehead atoms. The highest BCUT2D eigenvalue weighted by atomic mass is 16.2. The summed E-state index contributed by atoms with van der Waals surface area (Å²) in [7, 11) is 0. The van der Waals surface area contributed by atoms with Crippen LogP contribution < -0.4 is 10.6 Å². The van der Waals surface area contributed by atoms with Crippen LogP contribution in [0.25, 0.3) is 0 Å². The number of hydrogen-bond donors (Lipinski definition) is 2. The van der Waals surface area contributed by atoms with Gasteiger partial charge in [-0.2, -0.15) is 0 Å². The summed E-state index contributed by atoms with van der Waals surface area (Å²) in [5, 5.41) is 6.08. The summed E-state index contributed by atoms with van der Waals surface area (Å²) in [5.74, 6) is -0.400. The molecule has 2 aliphatic heterocycles. The third kappa shape index (κ3) is 3.55. The van der Waals surface area contributed by atoms with Crippen molar-refractivity contribution in [1.29, 1.82) is 0 Å². The molecule has 2 heterocycles. The Labute approximate surface area is 144 Å². The number of hydrogen-bond acceptors (Lipinski definition) is 4. The molecule has 24 heavy (non-hydrogen) atoms. The standard InChI is InChI=1S/C17H30N4O3/c1-4-11-20(13-7-9-18-10-8-13)14(22)12-21-15(23)17(5-2,6-3)19-16(21)24/h13,18H,4-12H2,1-3H3,(H,19,24). The number of carbonyl (C=O) groups excluding carboxylic acids is 3. The molecular weight excluding hydrogens is 308 g/mol. The minimum absolute atomic E-state index is 0.129. The molecule has 0 aliphatic carbocycles. The summed E-state index contributed by atoms with van der Waals surface area (Å²) in [4.78, 5) is 40.6. The van der Waals surface area contributed by atoms with Gasteiger partial charge in [-0.05, 0) is 45.2 Å². The molecule has 2 N–H and O–H groups in total. The van der Waals surface area contributed by atoms with E-state index < -0.39 is 11.6 Å². The third-order valence-electron chi connectivity index (χ3n) is 5.28. The Morgan fingerprint density at radius 1 is 1.21 bits per heavy atom. The van der Waals surface area contributed by atoms with Crippen molar-refractivity contribution in [2.45, 2.75) is 64.5 Å². The fraction of sp³-hybridized carbons (Fsp3) is 0.824.